The van der Waals surface area contributed by atoms with Crippen LogP contribution in [0.3, 0.4) is 0 Å². The Bertz CT molecular complexity index is 379. The normalized spacial score (nSPS) is 11.4. The van der Waals surface area contributed by atoms with Crippen molar-refractivity contribution in [3.05, 3.63) is 17.7 Å². The van der Waals surface area contributed by atoms with E-state index in [0.717, 1.165) is 5.56 Å². The van der Waals surface area contributed by atoms with Gasteiger partial charge in [-0.2, -0.15) is 0 Å². The Morgan fingerprint density at radius 2 is 1.56 bits per heavy atom. The standard InChI is InChI=1S/C13H16O3/c1-6-9(2)10-7-11(14-3)13(16-5)12(8-10)15-4/h1,7-9H,2-5H3/t9-/m1/s1. The van der Waals surface area contributed by atoms with E-state index in [1.165, 1.54) is 0 Å². The minimum atomic E-state index is 0.00806. The van der Waals surface area contributed by atoms with Crippen LogP contribution in [0, 0.1) is 12.3 Å². The van der Waals surface area contributed by atoms with Crippen LogP contribution in [0.5, 0.6) is 17.2 Å². The molecule has 0 aliphatic rings. The molecule has 0 amide bonds. The number of ether oxygens (including phenoxy) is 3. The summed E-state index contributed by atoms with van der Waals surface area (Å²) >= 11 is 0. The highest BCUT2D eigenvalue weighted by molar-refractivity contribution is 5.55. The zero-order chi connectivity index (χ0) is 12.1. The monoisotopic (exact) mass is 220 g/mol. The first-order valence-corrected chi connectivity index (χ1v) is 4.94. The van der Waals surface area contributed by atoms with Crippen molar-refractivity contribution in [3.8, 4) is 29.6 Å². The van der Waals surface area contributed by atoms with Gasteiger partial charge in [-0.3, -0.25) is 0 Å². The van der Waals surface area contributed by atoms with Crippen molar-refractivity contribution in [2.75, 3.05) is 21.3 Å². The van der Waals surface area contributed by atoms with Crippen LogP contribution in [-0.2, 0) is 0 Å². The molecule has 0 spiro atoms. The summed E-state index contributed by atoms with van der Waals surface area (Å²) < 4.78 is 15.7. The first-order valence-electron chi connectivity index (χ1n) is 4.94. The van der Waals surface area contributed by atoms with Gasteiger partial charge in [-0.15, -0.1) is 6.42 Å². The maximum atomic E-state index is 5.39. The molecule has 0 aromatic heterocycles. The summed E-state index contributed by atoms with van der Waals surface area (Å²) in [6, 6.07) is 3.73. The van der Waals surface area contributed by atoms with Gasteiger partial charge < -0.3 is 14.2 Å². The van der Waals surface area contributed by atoms with Crippen LogP contribution < -0.4 is 14.2 Å². The molecule has 0 aliphatic heterocycles. The lowest BCUT2D eigenvalue weighted by atomic mass is 10.0. The van der Waals surface area contributed by atoms with Gasteiger partial charge in [0.1, 0.15) is 0 Å². The molecule has 1 rings (SSSR count). The number of hydrogen-bond donors (Lipinski definition) is 0. The number of methoxy groups -OCH3 is 3. The molecule has 0 unspecified atom stereocenters. The SMILES string of the molecule is C#C[C@@H](C)c1cc(OC)c(OC)c(OC)c1. The largest absolute Gasteiger partial charge is 0.493 e. The van der Waals surface area contributed by atoms with E-state index in [-0.39, 0.29) is 5.92 Å². The van der Waals surface area contributed by atoms with Crippen molar-refractivity contribution in [3.63, 3.8) is 0 Å². The van der Waals surface area contributed by atoms with Crippen molar-refractivity contribution in [1.29, 1.82) is 0 Å². The van der Waals surface area contributed by atoms with Crippen molar-refractivity contribution in [2.24, 2.45) is 0 Å². The van der Waals surface area contributed by atoms with Crippen LogP contribution >= 0.6 is 0 Å². The summed E-state index contributed by atoms with van der Waals surface area (Å²) in [5, 5.41) is 0. The van der Waals surface area contributed by atoms with Crippen molar-refractivity contribution < 1.29 is 14.2 Å². The first-order chi connectivity index (χ1) is 7.67. The van der Waals surface area contributed by atoms with Crippen LogP contribution in [0.15, 0.2) is 12.1 Å². The molecule has 16 heavy (non-hydrogen) atoms. The molecular weight excluding hydrogens is 204 g/mol. The third-order valence-corrected chi connectivity index (χ3v) is 2.44. The van der Waals surface area contributed by atoms with E-state index in [0.29, 0.717) is 17.2 Å². The minimum absolute atomic E-state index is 0.00806. The van der Waals surface area contributed by atoms with Gasteiger partial charge in [-0.1, -0.05) is 5.92 Å². The van der Waals surface area contributed by atoms with Gasteiger partial charge in [0.15, 0.2) is 11.5 Å². The van der Waals surface area contributed by atoms with E-state index in [9.17, 15) is 0 Å². The summed E-state index contributed by atoms with van der Waals surface area (Å²) in [6.07, 6.45) is 5.39. The molecule has 0 fully saturated rings. The average Bonchev–Trinajstić information content (AvgIpc) is 2.35. The van der Waals surface area contributed by atoms with Crippen molar-refractivity contribution in [2.45, 2.75) is 12.8 Å². The first kappa shape index (κ1) is 12.3. The molecule has 86 valence electrons. The van der Waals surface area contributed by atoms with Crippen LogP contribution in [-0.4, -0.2) is 21.3 Å². The molecule has 3 heteroatoms. The Hall–Kier alpha value is -1.82. The minimum Gasteiger partial charge on any atom is -0.493 e. The number of hydrogen-bond acceptors (Lipinski definition) is 3. The molecule has 1 atom stereocenters. The van der Waals surface area contributed by atoms with Gasteiger partial charge in [-0.25, -0.2) is 0 Å². The second-order valence-electron chi connectivity index (χ2n) is 3.35. The van der Waals surface area contributed by atoms with Gasteiger partial charge in [0.05, 0.1) is 21.3 Å². The highest BCUT2D eigenvalue weighted by Crippen LogP contribution is 2.39. The Morgan fingerprint density at radius 1 is 1.06 bits per heavy atom. The van der Waals surface area contributed by atoms with E-state index in [1.54, 1.807) is 21.3 Å². The molecule has 0 saturated carbocycles. The molecular formula is C13H16O3. The van der Waals surface area contributed by atoms with Crippen molar-refractivity contribution in [1.82, 2.24) is 0 Å². The molecule has 3 nitrogen and oxygen atoms in total. The van der Waals surface area contributed by atoms with Crippen LogP contribution in [0.4, 0.5) is 0 Å². The maximum Gasteiger partial charge on any atom is 0.203 e. The second kappa shape index (κ2) is 5.32. The van der Waals surface area contributed by atoms with Gasteiger partial charge in [0, 0.05) is 5.92 Å². The number of rotatable bonds is 4. The quantitative estimate of drug-likeness (QED) is 0.729. The van der Waals surface area contributed by atoms with Crippen molar-refractivity contribution >= 4 is 0 Å². The second-order valence-corrected chi connectivity index (χ2v) is 3.35. The Labute approximate surface area is 96.3 Å². The molecule has 0 bridgehead atoms. The highest BCUT2D eigenvalue weighted by atomic mass is 16.5. The molecule has 0 N–H and O–H groups in total. The van der Waals surface area contributed by atoms with Gasteiger partial charge in [-0.05, 0) is 24.6 Å². The fourth-order valence-corrected chi connectivity index (χ4v) is 1.45. The molecule has 1 aromatic carbocycles. The van der Waals surface area contributed by atoms with Gasteiger partial charge in [0.25, 0.3) is 0 Å². The van der Waals surface area contributed by atoms with E-state index in [2.05, 4.69) is 5.92 Å². The van der Waals surface area contributed by atoms with E-state index in [4.69, 9.17) is 20.6 Å². The fraction of sp³-hybridized carbons (Fsp3) is 0.385. The van der Waals surface area contributed by atoms with Crippen LogP contribution in [0.1, 0.15) is 18.4 Å². The van der Waals surface area contributed by atoms with E-state index in [1.807, 2.05) is 19.1 Å². The van der Waals surface area contributed by atoms with E-state index < -0.39 is 0 Å². The number of terminal acetylenes is 1. The lowest BCUT2D eigenvalue weighted by molar-refractivity contribution is 0.323. The molecule has 0 heterocycles. The summed E-state index contributed by atoms with van der Waals surface area (Å²) in [6.45, 7) is 1.95. The predicted molar refractivity (Wildman–Crippen MR) is 63.3 cm³/mol. The summed E-state index contributed by atoms with van der Waals surface area (Å²) in [4.78, 5) is 0. The van der Waals surface area contributed by atoms with E-state index >= 15 is 0 Å². The third-order valence-electron chi connectivity index (χ3n) is 2.44. The topological polar surface area (TPSA) is 27.7 Å². The number of benzene rings is 1. The Balaban J connectivity index is 3.32. The third kappa shape index (κ3) is 2.22. The molecule has 0 saturated heterocycles. The Morgan fingerprint density at radius 3 is 1.88 bits per heavy atom. The fourth-order valence-electron chi connectivity index (χ4n) is 1.45. The highest BCUT2D eigenvalue weighted by Gasteiger charge is 2.15. The zero-order valence-corrected chi connectivity index (χ0v) is 10.0. The summed E-state index contributed by atoms with van der Waals surface area (Å²) in [5.74, 6) is 4.51. The van der Waals surface area contributed by atoms with Crippen LogP contribution in [0.2, 0.25) is 0 Å². The molecule has 1 aromatic rings. The molecule has 0 aliphatic carbocycles. The lowest BCUT2D eigenvalue weighted by Gasteiger charge is -2.15. The zero-order valence-electron chi connectivity index (χ0n) is 10.0. The lowest BCUT2D eigenvalue weighted by Crippen LogP contribution is -1.98. The van der Waals surface area contributed by atoms with Gasteiger partial charge >= 0.3 is 0 Å². The molecule has 0 radical (unpaired) electrons. The Kier molecular flexibility index (Phi) is 4.07. The predicted octanol–water partition coefficient (Wildman–Crippen LogP) is 2.45. The summed E-state index contributed by atoms with van der Waals surface area (Å²) in [5.41, 5.74) is 0.969. The smallest absolute Gasteiger partial charge is 0.203 e. The maximum absolute atomic E-state index is 5.39. The van der Waals surface area contributed by atoms with Gasteiger partial charge in [0.2, 0.25) is 5.75 Å². The average molecular weight is 220 g/mol. The van der Waals surface area contributed by atoms with Crippen LogP contribution in [0.25, 0.3) is 0 Å². The summed E-state index contributed by atoms with van der Waals surface area (Å²) in [7, 11) is 4.74.